The number of nitrogens with zero attached hydrogens (tertiary/aromatic N) is 1. The molecular formula is C17H22N2O3S. The minimum Gasteiger partial charge on any atom is -0.355 e. The maximum atomic E-state index is 12.8. The van der Waals surface area contributed by atoms with E-state index < -0.39 is 10.0 Å². The van der Waals surface area contributed by atoms with E-state index in [1.807, 2.05) is 6.07 Å². The van der Waals surface area contributed by atoms with Crippen LogP contribution in [0.3, 0.4) is 0 Å². The number of rotatable bonds is 3. The van der Waals surface area contributed by atoms with Crippen molar-refractivity contribution >= 4 is 22.0 Å². The van der Waals surface area contributed by atoms with Gasteiger partial charge >= 0.3 is 0 Å². The topological polar surface area (TPSA) is 66.5 Å². The number of hydrogen-bond donors (Lipinski definition) is 1. The zero-order chi connectivity index (χ0) is 16.6. The molecule has 0 unspecified atom stereocenters. The molecule has 3 rings (SSSR count). The Balaban J connectivity index is 1.88. The number of carbonyl (C=O) groups is 1. The van der Waals surface area contributed by atoms with Crippen LogP contribution in [-0.2, 0) is 21.2 Å². The third-order valence-electron chi connectivity index (χ3n) is 4.73. The van der Waals surface area contributed by atoms with Crippen molar-refractivity contribution in [1.82, 2.24) is 9.62 Å². The van der Waals surface area contributed by atoms with Crippen LogP contribution in [0.5, 0.6) is 0 Å². The first-order chi connectivity index (χ1) is 10.9. The summed E-state index contributed by atoms with van der Waals surface area (Å²) in [7, 11) is -1.85. The highest BCUT2D eigenvalue weighted by Crippen LogP contribution is 2.30. The summed E-state index contributed by atoms with van der Waals surface area (Å²) in [5.41, 5.74) is 2.49. The second-order valence-corrected chi connectivity index (χ2v) is 8.31. The van der Waals surface area contributed by atoms with Gasteiger partial charge < -0.3 is 5.32 Å². The lowest BCUT2D eigenvalue weighted by molar-refractivity contribution is -0.117. The van der Waals surface area contributed by atoms with Gasteiger partial charge in [-0.25, -0.2) is 8.42 Å². The molecule has 1 aliphatic heterocycles. The zero-order valence-corrected chi connectivity index (χ0v) is 14.3. The lowest BCUT2D eigenvalue weighted by Crippen LogP contribution is -2.37. The molecular weight excluding hydrogens is 312 g/mol. The van der Waals surface area contributed by atoms with Gasteiger partial charge in [-0.15, -0.1) is 0 Å². The predicted octanol–water partition coefficient (Wildman–Crippen LogP) is 1.79. The van der Waals surface area contributed by atoms with Crippen LogP contribution in [0.1, 0.15) is 30.9 Å². The summed E-state index contributed by atoms with van der Waals surface area (Å²) in [5, 5.41) is 2.61. The molecule has 0 spiro atoms. The Morgan fingerprint density at radius 2 is 1.96 bits per heavy atom. The fraction of sp³-hybridized carbons (Fsp3) is 0.471. The van der Waals surface area contributed by atoms with Crippen LogP contribution in [0, 0.1) is 5.92 Å². The van der Waals surface area contributed by atoms with Gasteiger partial charge in [0.2, 0.25) is 15.9 Å². The first kappa shape index (κ1) is 16.2. The van der Waals surface area contributed by atoms with E-state index in [-0.39, 0.29) is 5.91 Å². The van der Waals surface area contributed by atoms with Gasteiger partial charge in [0.1, 0.15) is 0 Å². The Morgan fingerprint density at radius 3 is 2.61 bits per heavy atom. The molecule has 5 nitrogen and oxygen atoms in total. The molecule has 23 heavy (non-hydrogen) atoms. The summed E-state index contributed by atoms with van der Waals surface area (Å²) in [6, 6.07) is 5.17. The summed E-state index contributed by atoms with van der Waals surface area (Å²) >= 11 is 0. The van der Waals surface area contributed by atoms with Crippen molar-refractivity contribution in [3.8, 4) is 0 Å². The standard InChI is InChI=1S/C17H22N2O3S/c1-12-5-7-19(8-6-12)23(21,22)16-4-3-13-9-15(17(20)18-2)10-14(13)11-16/h3-4,10-12H,5-9H2,1-2H3,(H,18,20). The molecule has 0 bridgehead atoms. The number of likely N-dealkylation sites (N-methyl/N-ethyl adjacent to an activating group) is 1. The number of nitrogens with one attached hydrogen (secondary N) is 1. The fourth-order valence-electron chi connectivity index (χ4n) is 3.15. The van der Waals surface area contributed by atoms with Gasteiger partial charge in [0.05, 0.1) is 4.90 Å². The quantitative estimate of drug-likeness (QED) is 0.916. The fourth-order valence-corrected chi connectivity index (χ4v) is 4.66. The Bertz CT molecular complexity index is 760. The molecule has 6 heteroatoms. The second kappa shape index (κ2) is 6.09. The first-order valence-electron chi connectivity index (χ1n) is 7.97. The maximum Gasteiger partial charge on any atom is 0.247 e. The van der Waals surface area contributed by atoms with Crippen molar-refractivity contribution in [2.45, 2.75) is 31.1 Å². The third-order valence-corrected chi connectivity index (χ3v) is 6.62. The van der Waals surface area contributed by atoms with Crippen LogP contribution in [-0.4, -0.2) is 38.8 Å². The predicted molar refractivity (Wildman–Crippen MR) is 89.3 cm³/mol. The van der Waals surface area contributed by atoms with Crippen LogP contribution in [0.2, 0.25) is 0 Å². The molecule has 1 aliphatic carbocycles. The van der Waals surface area contributed by atoms with Crippen molar-refractivity contribution in [2.75, 3.05) is 20.1 Å². The number of amides is 1. The molecule has 1 fully saturated rings. The van der Waals surface area contributed by atoms with E-state index in [1.165, 1.54) is 0 Å². The average molecular weight is 334 g/mol. The summed E-state index contributed by atoms with van der Waals surface area (Å²) in [6.45, 7) is 3.32. The minimum atomic E-state index is -3.45. The molecule has 0 atom stereocenters. The average Bonchev–Trinajstić information content (AvgIpc) is 2.97. The van der Waals surface area contributed by atoms with E-state index in [9.17, 15) is 13.2 Å². The highest BCUT2D eigenvalue weighted by Gasteiger charge is 2.29. The largest absolute Gasteiger partial charge is 0.355 e. The van der Waals surface area contributed by atoms with Gasteiger partial charge in [0.25, 0.3) is 0 Å². The smallest absolute Gasteiger partial charge is 0.247 e. The summed E-state index contributed by atoms with van der Waals surface area (Å²) in [4.78, 5) is 12.1. The Hall–Kier alpha value is -1.66. The number of carbonyl (C=O) groups excluding carboxylic acids is 1. The molecule has 1 aromatic carbocycles. The van der Waals surface area contributed by atoms with E-state index in [0.29, 0.717) is 35.9 Å². The van der Waals surface area contributed by atoms with Crippen LogP contribution in [0.4, 0.5) is 0 Å². The summed E-state index contributed by atoms with van der Waals surface area (Å²) in [6.07, 6.45) is 4.15. The van der Waals surface area contributed by atoms with Gasteiger partial charge in [0.15, 0.2) is 0 Å². The van der Waals surface area contributed by atoms with Crippen molar-refractivity contribution < 1.29 is 13.2 Å². The molecule has 0 radical (unpaired) electrons. The minimum absolute atomic E-state index is 0.115. The molecule has 2 aliphatic rings. The Labute approximate surface area is 137 Å². The van der Waals surface area contributed by atoms with Gasteiger partial charge in [-0.1, -0.05) is 13.0 Å². The Morgan fingerprint density at radius 1 is 1.26 bits per heavy atom. The van der Waals surface area contributed by atoms with E-state index in [0.717, 1.165) is 24.0 Å². The highest BCUT2D eigenvalue weighted by atomic mass is 32.2. The van der Waals surface area contributed by atoms with Crippen LogP contribution >= 0.6 is 0 Å². The van der Waals surface area contributed by atoms with Crippen molar-refractivity contribution in [3.05, 3.63) is 34.9 Å². The van der Waals surface area contributed by atoms with E-state index >= 15 is 0 Å². The zero-order valence-electron chi connectivity index (χ0n) is 13.5. The monoisotopic (exact) mass is 334 g/mol. The molecule has 1 heterocycles. The molecule has 124 valence electrons. The van der Waals surface area contributed by atoms with Crippen molar-refractivity contribution in [3.63, 3.8) is 0 Å². The lowest BCUT2D eigenvalue weighted by atomic mass is 10.0. The first-order valence-corrected chi connectivity index (χ1v) is 9.41. The maximum absolute atomic E-state index is 12.8. The lowest BCUT2D eigenvalue weighted by Gasteiger charge is -2.29. The van der Waals surface area contributed by atoms with Gasteiger partial charge in [-0.2, -0.15) is 4.31 Å². The second-order valence-electron chi connectivity index (χ2n) is 6.37. The molecule has 0 saturated carbocycles. The van der Waals surface area contributed by atoms with Gasteiger partial charge in [-0.05, 0) is 48.1 Å². The number of hydrogen-bond acceptors (Lipinski definition) is 3. The SMILES string of the molecule is CNC(=O)C1=Cc2cc(S(=O)(=O)N3CCC(C)CC3)ccc2C1. The number of sulfonamides is 1. The van der Waals surface area contributed by atoms with Crippen LogP contribution in [0.15, 0.2) is 28.7 Å². The number of piperidine rings is 1. The molecule has 1 aromatic rings. The van der Waals surface area contributed by atoms with Crippen molar-refractivity contribution in [1.29, 1.82) is 0 Å². The van der Waals surface area contributed by atoms with E-state index in [4.69, 9.17) is 0 Å². The third kappa shape index (κ3) is 3.05. The molecule has 1 amide bonds. The number of benzene rings is 1. The van der Waals surface area contributed by atoms with Crippen LogP contribution in [0.25, 0.3) is 6.08 Å². The van der Waals surface area contributed by atoms with Crippen LogP contribution < -0.4 is 5.32 Å². The normalized spacial score (nSPS) is 19.3. The van der Waals surface area contributed by atoms with E-state index in [2.05, 4.69) is 12.2 Å². The number of fused-ring (bicyclic) bond motifs is 1. The van der Waals surface area contributed by atoms with E-state index in [1.54, 1.807) is 29.6 Å². The Kier molecular flexibility index (Phi) is 4.29. The summed E-state index contributed by atoms with van der Waals surface area (Å²) in [5.74, 6) is 0.468. The molecule has 0 aromatic heterocycles. The van der Waals surface area contributed by atoms with Gasteiger partial charge in [0, 0.05) is 32.1 Å². The molecule has 1 saturated heterocycles. The van der Waals surface area contributed by atoms with Gasteiger partial charge in [-0.3, -0.25) is 4.79 Å². The van der Waals surface area contributed by atoms with Crippen molar-refractivity contribution in [2.24, 2.45) is 5.92 Å². The molecule has 1 N–H and O–H groups in total. The summed E-state index contributed by atoms with van der Waals surface area (Å²) < 4.78 is 27.2. The highest BCUT2D eigenvalue weighted by molar-refractivity contribution is 7.89.